The van der Waals surface area contributed by atoms with Crippen molar-refractivity contribution < 1.29 is 23.5 Å². The van der Waals surface area contributed by atoms with Crippen molar-refractivity contribution in [3.05, 3.63) is 58.9 Å². The number of benzene rings is 2. The summed E-state index contributed by atoms with van der Waals surface area (Å²) in [6, 6.07) is 8.79. The van der Waals surface area contributed by atoms with Crippen LogP contribution in [0.3, 0.4) is 0 Å². The van der Waals surface area contributed by atoms with E-state index in [1.807, 2.05) is 0 Å². The van der Waals surface area contributed by atoms with Crippen LogP contribution in [0.2, 0.25) is 0 Å². The Bertz CT molecular complexity index is 1080. The zero-order valence-electron chi connectivity index (χ0n) is 21.4. The summed E-state index contributed by atoms with van der Waals surface area (Å²) in [7, 11) is 4.61. The highest BCUT2D eigenvalue weighted by Crippen LogP contribution is 2.46. The van der Waals surface area contributed by atoms with Crippen LogP contribution in [-0.2, 0) is 4.79 Å². The van der Waals surface area contributed by atoms with E-state index < -0.39 is 17.8 Å². The minimum absolute atomic E-state index is 0.244. The van der Waals surface area contributed by atoms with Crippen LogP contribution in [0, 0.1) is 5.82 Å². The number of hydrogen-bond donors (Lipinski definition) is 1. The first-order chi connectivity index (χ1) is 17.5. The fourth-order valence-corrected chi connectivity index (χ4v) is 5.42. The first-order valence-electron chi connectivity index (χ1n) is 12.7. The monoisotopic (exact) mass is 497 g/mol. The number of likely N-dealkylation sites (tertiary alicyclic amines) is 1. The molecular weight excluding hydrogens is 461 g/mol. The number of hydrogen-bond acceptors (Lipinski definition) is 5. The number of methoxy groups -OCH3 is 2. The molecule has 2 amide bonds. The Morgan fingerprint density at radius 3 is 2.36 bits per heavy atom. The largest absolute Gasteiger partial charge is 0.493 e. The van der Waals surface area contributed by atoms with Crippen LogP contribution in [-0.4, -0.2) is 69.1 Å². The maximum atomic E-state index is 15.0. The first-order valence-corrected chi connectivity index (χ1v) is 12.7. The Balaban J connectivity index is 1.63. The van der Waals surface area contributed by atoms with Crippen molar-refractivity contribution in [2.75, 3.05) is 47.4 Å². The molecule has 8 heteroatoms. The molecule has 2 unspecified atom stereocenters. The standard InChI is InChI=1S/C28H36FN3O4/c1-31-26(19-11-6-7-12-22(19)29)25(20-17-23(35-2)24(36-3)18-21(20)28(31)34)27(33)30-13-10-16-32-14-8-4-5-9-15-32/h6-7,11-12,17-18,25-26H,4-5,8-10,13-16H2,1-3H3,(H,30,33). The second-order valence-electron chi connectivity index (χ2n) is 9.55. The highest BCUT2D eigenvalue weighted by molar-refractivity contribution is 6.02. The molecule has 0 bridgehead atoms. The Labute approximate surface area is 212 Å². The van der Waals surface area contributed by atoms with Crippen molar-refractivity contribution in [1.82, 2.24) is 15.1 Å². The van der Waals surface area contributed by atoms with Crippen LogP contribution in [0.1, 0.15) is 65.5 Å². The van der Waals surface area contributed by atoms with Gasteiger partial charge in [-0.25, -0.2) is 4.39 Å². The Kier molecular flexibility index (Phi) is 8.46. The van der Waals surface area contributed by atoms with Gasteiger partial charge in [-0.1, -0.05) is 31.0 Å². The second-order valence-corrected chi connectivity index (χ2v) is 9.55. The average Bonchev–Trinajstić information content (AvgIpc) is 3.17. The fraction of sp³-hybridized carbons (Fsp3) is 0.500. The lowest BCUT2D eigenvalue weighted by molar-refractivity contribution is -0.124. The molecule has 1 fully saturated rings. The van der Waals surface area contributed by atoms with Gasteiger partial charge in [0, 0.05) is 24.7 Å². The lowest BCUT2D eigenvalue weighted by Gasteiger charge is -2.40. The molecule has 36 heavy (non-hydrogen) atoms. The van der Waals surface area contributed by atoms with Gasteiger partial charge in [0.1, 0.15) is 5.82 Å². The topological polar surface area (TPSA) is 71.1 Å². The third-order valence-electron chi connectivity index (χ3n) is 7.33. The van der Waals surface area contributed by atoms with Crippen molar-refractivity contribution >= 4 is 11.8 Å². The molecule has 1 N–H and O–H groups in total. The summed E-state index contributed by atoms with van der Waals surface area (Å²) in [6.07, 6.45) is 5.84. The molecule has 0 aromatic heterocycles. The zero-order valence-corrected chi connectivity index (χ0v) is 21.4. The third kappa shape index (κ3) is 5.33. The van der Waals surface area contributed by atoms with E-state index in [1.165, 1.54) is 50.9 Å². The van der Waals surface area contributed by atoms with Crippen molar-refractivity contribution in [3.63, 3.8) is 0 Å². The van der Waals surface area contributed by atoms with Gasteiger partial charge < -0.3 is 24.6 Å². The summed E-state index contributed by atoms with van der Waals surface area (Å²) in [6.45, 7) is 3.65. The fourth-order valence-electron chi connectivity index (χ4n) is 5.42. The number of likely N-dealkylation sites (N-methyl/N-ethyl adjacent to an activating group) is 1. The number of fused-ring (bicyclic) bond motifs is 1. The van der Waals surface area contributed by atoms with Gasteiger partial charge in [-0.2, -0.15) is 0 Å². The highest BCUT2D eigenvalue weighted by Gasteiger charge is 2.44. The van der Waals surface area contributed by atoms with Gasteiger partial charge in [0.2, 0.25) is 5.91 Å². The Morgan fingerprint density at radius 2 is 1.69 bits per heavy atom. The Hall–Kier alpha value is -3.13. The Morgan fingerprint density at radius 1 is 1.03 bits per heavy atom. The minimum Gasteiger partial charge on any atom is -0.493 e. The van der Waals surface area contributed by atoms with Crippen molar-refractivity contribution in [1.29, 1.82) is 0 Å². The van der Waals surface area contributed by atoms with Gasteiger partial charge in [0.25, 0.3) is 5.91 Å². The predicted molar refractivity (Wildman–Crippen MR) is 136 cm³/mol. The summed E-state index contributed by atoms with van der Waals surface area (Å²) >= 11 is 0. The van der Waals surface area contributed by atoms with Gasteiger partial charge >= 0.3 is 0 Å². The number of amides is 2. The molecule has 7 nitrogen and oxygen atoms in total. The number of nitrogens with zero attached hydrogens (tertiary/aromatic N) is 2. The normalized spacial score (nSPS) is 20.4. The van der Waals surface area contributed by atoms with E-state index in [0.29, 0.717) is 34.7 Å². The molecule has 2 aromatic carbocycles. The summed E-state index contributed by atoms with van der Waals surface area (Å²) in [5.74, 6) is -0.988. The van der Waals surface area contributed by atoms with Crippen molar-refractivity contribution in [3.8, 4) is 11.5 Å². The molecule has 2 aromatic rings. The molecule has 2 aliphatic rings. The second kappa shape index (κ2) is 11.7. The molecular formula is C28H36FN3O4. The number of nitrogens with one attached hydrogen (secondary N) is 1. The molecule has 2 heterocycles. The van der Waals surface area contributed by atoms with Gasteiger partial charge in [0.05, 0.1) is 26.2 Å². The van der Waals surface area contributed by atoms with E-state index in [9.17, 15) is 14.0 Å². The summed E-state index contributed by atoms with van der Waals surface area (Å²) in [5.41, 5.74) is 1.17. The summed E-state index contributed by atoms with van der Waals surface area (Å²) < 4.78 is 25.8. The van der Waals surface area contributed by atoms with E-state index in [0.717, 1.165) is 26.1 Å². The average molecular weight is 498 g/mol. The van der Waals surface area contributed by atoms with E-state index in [2.05, 4.69) is 10.2 Å². The van der Waals surface area contributed by atoms with Gasteiger partial charge in [-0.3, -0.25) is 9.59 Å². The summed E-state index contributed by atoms with van der Waals surface area (Å²) in [4.78, 5) is 31.0. The molecule has 0 spiro atoms. The first kappa shape index (κ1) is 25.9. The lowest BCUT2D eigenvalue weighted by atomic mass is 9.79. The minimum atomic E-state index is -0.808. The SMILES string of the molecule is COc1cc2c(cc1OC)C(C(=O)NCCCN1CCCCCC1)C(c1ccccc1F)N(C)C2=O. The van der Waals surface area contributed by atoms with Crippen LogP contribution in [0.25, 0.3) is 0 Å². The number of halogens is 1. The molecule has 4 rings (SSSR count). The van der Waals surface area contributed by atoms with Gasteiger partial charge in [-0.05, 0) is 62.7 Å². The van der Waals surface area contributed by atoms with E-state index in [1.54, 1.807) is 37.4 Å². The number of carbonyl (C=O) groups excluding carboxylic acids is 2. The van der Waals surface area contributed by atoms with Crippen molar-refractivity contribution in [2.24, 2.45) is 0 Å². The predicted octanol–water partition coefficient (Wildman–Crippen LogP) is 4.14. The van der Waals surface area contributed by atoms with E-state index >= 15 is 0 Å². The number of carbonyl (C=O) groups is 2. The van der Waals surface area contributed by atoms with Crippen LogP contribution < -0.4 is 14.8 Å². The molecule has 0 radical (unpaired) electrons. The van der Waals surface area contributed by atoms with Crippen LogP contribution in [0.5, 0.6) is 11.5 Å². The van der Waals surface area contributed by atoms with Gasteiger partial charge in [-0.15, -0.1) is 0 Å². The smallest absolute Gasteiger partial charge is 0.254 e. The van der Waals surface area contributed by atoms with Gasteiger partial charge in [0.15, 0.2) is 11.5 Å². The summed E-state index contributed by atoms with van der Waals surface area (Å²) in [5, 5.41) is 3.07. The number of rotatable bonds is 8. The van der Waals surface area contributed by atoms with E-state index in [-0.39, 0.29) is 11.8 Å². The maximum absolute atomic E-state index is 15.0. The molecule has 1 saturated heterocycles. The highest BCUT2D eigenvalue weighted by atomic mass is 19.1. The maximum Gasteiger partial charge on any atom is 0.254 e. The van der Waals surface area contributed by atoms with Crippen LogP contribution in [0.15, 0.2) is 36.4 Å². The van der Waals surface area contributed by atoms with Crippen molar-refractivity contribution in [2.45, 2.75) is 44.1 Å². The quantitative estimate of drug-likeness (QED) is 0.556. The molecule has 2 aliphatic heterocycles. The van der Waals surface area contributed by atoms with Crippen LogP contribution >= 0.6 is 0 Å². The third-order valence-corrected chi connectivity index (χ3v) is 7.33. The molecule has 2 atom stereocenters. The van der Waals surface area contributed by atoms with E-state index in [4.69, 9.17) is 9.47 Å². The molecule has 0 saturated carbocycles. The zero-order chi connectivity index (χ0) is 25.7. The molecule has 194 valence electrons. The van der Waals surface area contributed by atoms with Crippen LogP contribution in [0.4, 0.5) is 4.39 Å². The molecule has 0 aliphatic carbocycles. The number of ether oxygens (including phenoxy) is 2. The lowest BCUT2D eigenvalue weighted by Crippen LogP contribution is -2.46.